The Morgan fingerprint density at radius 2 is 2.10 bits per heavy atom. The van der Waals surface area contributed by atoms with E-state index < -0.39 is 11.7 Å². The number of nitrogens with two attached hydrogens (primary N) is 1. The van der Waals surface area contributed by atoms with Crippen molar-refractivity contribution in [3.63, 3.8) is 0 Å². The second kappa shape index (κ2) is 5.59. The summed E-state index contributed by atoms with van der Waals surface area (Å²) in [5.41, 5.74) is 5.92. The third kappa shape index (κ3) is 2.71. The summed E-state index contributed by atoms with van der Waals surface area (Å²) in [6.07, 6.45) is 0. The van der Waals surface area contributed by atoms with Crippen LogP contribution in [0.25, 0.3) is 0 Å². The Hall–Kier alpha value is -2.58. The summed E-state index contributed by atoms with van der Waals surface area (Å²) in [4.78, 5) is 12.0. The Bertz CT molecular complexity index is 725. The van der Waals surface area contributed by atoms with Crippen molar-refractivity contribution in [2.24, 2.45) is 0 Å². The summed E-state index contributed by atoms with van der Waals surface area (Å²) in [5.74, 6) is -1.22. The number of nitrogens with zero attached hydrogens (tertiary/aromatic N) is 1. The summed E-state index contributed by atoms with van der Waals surface area (Å²) >= 11 is 5.79. The molecule has 2 aromatic carbocycles. The number of para-hydroxylation sites is 1. The molecule has 0 spiro atoms. The predicted octanol–water partition coefficient (Wildman–Crippen LogP) is 3.19. The molecule has 0 saturated carbocycles. The first kappa shape index (κ1) is 13.8. The van der Waals surface area contributed by atoms with Gasteiger partial charge in [0.15, 0.2) is 0 Å². The van der Waals surface area contributed by atoms with E-state index in [1.165, 1.54) is 36.4 Å². The van der Waals surface area contributed by atoms with Crippen LogP contribution in [0.2, 0.25) is 5.02 Å². The number of halogens is 2. The molecule has 4 nitrogen and oxygen atoms in total. The van der Waals surface area contributed by atoms with E-state index in [9.17, 15) is 9.18 Å². The van der Waals surface area contributed by atoms with Gasteiger partial charge in [-0.3, -0.25) is 4.79 Å². The van der Waals surface area contributed by atoms with Gasteiger partial charge in [-0.15, -0.1) is 0 Å². The number of nitriles is 1. The number of amides is 1. The summed E-state index contributed by atoms with van der Waals surface area (Å²) in [7, 11) is 0. The Morgan fingerprint density at radius 3 is 2.80 bits per heavy atom. The molecule has 1 amide bonds. The summed E-state index contributed by atoms with van der Waals surface area (Å²) in [6.45, 7) is 0. The van der Waals surface area contributed by atoms with Gasteiger partial charge in [-0.05, 0) is 30.3 Å². The molecule has 2 rings (SSSR count). The number of hydrogen-bond donors (Lipinski definition) is 2. The number of hydrogen-bond acceptors (Lipinski definition) is 3. The lowest BCUT2D eigenvalue weighted by Gasteiger charge is -2.08. The summed E-state index contributed by atoms with van der Waals surface area (Å²) in [6, 6.07) is 10.3. The highest BCUT2D eigenvalue weighted by Gasteiger charge is 2.13. The maximum atomic E-state index is 13.3. The van der Waals surface area contributed by atoms with Crippen LogP contribution >= 0.6 is 11.6 Å². The highest BCUT2D eigenvalue weighted by atomic mass is 35.5. The Balaban J connectivity index is 2.29. The number of rotatable bonds is 2. The second-order valence-electron chi connectivity index (χ2n) is 3.96. The minimum absolute atomic E-state index is 0.0263. The zero-order valence-corrected chi connectivity index (χ0v) is 10.9. The van der Waals surface area contributed by atoms with E-state index in [0.29, 0.717) is 5.69 Å². The zero-order valence-electron chi connectivity index (χ0n) is 10.2. The van der Waals surface area contributed by atoms with Crippen molar-refractivity contribution in [2.75, 3.05) is 11.1 Å². The molecule has 0 atom stereocenters. The van der Waals surface area contributed by atoms with Crippen LogP contribution in [0.1, 0.15) is 15.9 Å². The fourth-order valence-electron chi connectivity index (χ4n) is 1.62. The Morgan fingerprint density at radius 1 is 1.35 bits per heavy atom. The summed E-state index contributed by atoms with van der Waals surface area (Å²) in [5, 5.41) is 11.7. The van der Waals surface area contributed by atoms with Gasteiger partial charge < -0.3 is 11.1 Å². The number of carbonyl (C=O) groups excluding carboxylic acids is 1. The quantitative estimate of drug-likeness (QED) is 0.833. The van der Waals surface area contributed by atoms with Crippen LogP contribution in [0.4, 0.5) is 15.8 Å². The standard InChI is InChI=1S/C14H9ClFN3O/c15-11-5-4-9(6-8(11)7-17)19-14(20)10-2-1-3-12(16)13(10)18/h1-6H,18H2,(H,19,20). The molecule has 6 heteroatoms. The van der Waals surface area contributed by atoms with Crippen molar-refractivity contribution < 1.29 is 9.18 Å². The van der Waals surface area contributed by atoms with E-state index in [1.807, 2.05) is 6.07 Å². The lowest BCUT2D eigenvalue weighted by atomic mass is 10.1. The summed E-state index contributed by atoms with van der Waals surface area (Å²) < 4.78 is 13.3. The molecule has 20 heavy (non-hydrogen) atoms. The van der Waals surface area contributed by atoms with Gasteiger partial charge in [0.25, 0.3) is 5.91 Å². The Kier molecular flexibility index (Phi) is 3.87. The topological polar surface area (TPSA) is 78.9 Å². The van der Waals surface area contributed by atoms with Crippen LogP contribution in [0.3, 0.4) is 0 Å². The largest absolute Gasteiger partial charge is 0.396 e. The maximum absolute atomic E-state index is 13.3. The van der Waals surface area contributed by atoms with Crippen LogP contribution in [-0.4, -0.2) is 5.91 Å². The first-order chi connectivity index (χ1) is 9.52. The number of anilines is 2. The minimum Gasteiger partial charge on any atom is -0.396 e. The molecule has 0 fully saturated rings. The average Bonchev–Trinajstić information content (AvgIpc) is 2.43. The van der Waals surface area contributed by atoms with E-state index in [0.717, 1.165) is 0 Å². The molecule has 100 valence electrons. The van der Waals surface area contributed by atoms with Gasteiger partial charge in [0.1, 0.15) is 11.9 Å². The molecule has 3 N–H and O–H groups in total. The number of carbonyl (C=O) groups is 1. The normalized spacial score (nSPS) is 9.85. The van der Waals surface area contributed by atoms with Crippen molar-refractivity contribution in [3.05, 3.63) is 58.4 Å². The molecule has 0 radical (unpaired) electrons. The molecule has 0 aliphatic rings. The highest BCUT2D eigenvalue weighted by molar-refractivity contribution is 6.31. The van der Waals surface area contributed by atoms with E-state index in [2.05, 4.69) is 5.32 Å². The van der Waals surface area contributed by atoms with E-state index >= 15 is 0 Å². The molecule has 0 aliphatic carbocycles. The Labute approximate surface area is 119 Å². The van der Waals surface area contributed by atoms with Gasteiger partial charge in [0, 0.05) is 5.69 Å². The molecule has 0 unspecified atom stereocenters. The van der Waals surface area contributed by atoms with Crippen LogP contribution in [0.15, 0.2) is 36.4 Å². The van der Waals surface area contributed by atoms with Crippen LogP contribution in [0.5, 0.6) is 0 Å². The van der Waals surface area contributed by atoms with Gasteiger partial charge >= 0.3 is 0 Å². The number of nitrogens with one attached hydrogen (secondary N) is 1. The van der Waals surface area contributed by atoms with Crippen molar-refractivity contribution in [1.29, 1.82) is 5.26 Å². The van der Waals surface area contributed by atoms with Crippen LogP contribution in [-0.2, 0) is 0 Å². The molecule has 0 aromatic heterocycles. The molecule has 0 bridgehead atoms. The van der Waals surface area contributed by atoms with E-state index in [4.69, 9.17) is 22.6 Å². The third-order valence-electron chi connectivity index (χ3n) is 2.64. The van der Waals surface area contributed by atoms with Crippen LogP contribution in [0, 0.1) is 17.1 Å². The molecule has 2 aromatic rings. The molecule has 0 saturated heterocycles. The maximum Gasteiger partial charge on any atom is 0.257 e. The number of nitrogen functional groups attached to an aromatic ring is 1. The smallest absolute Gasteiger partial charge is 0.257 e. The predicted molar refractivity (Wildman–Crippen MR) is 74.9 cm³/mol. The zero-order chi connectivity index (χ0) is 14.7. The first-order valence-electron chi connectivity index (χ1n) is 5.58. The van der Waals surface area contributed by atoms with Crippen molar-refractivity contribution in [1.82, 2.24) is 0 Å². The van der Waals surface area contributed by atoms with Gasteiger partial charge in [0.2, 0.25) is 0 Å². The SMILES string of the molecule is N#Cc1cc(NC(=O)c2cccc(F)c2N)ccc1Cl. The van der Waals surface area contributed by atoms with Crippen molar-refractivity contribution in [3.8, 4) is 6.07 Å². The minimum atomic E-state index is -0.661. The first-order valence-corrected chi connectivity index (χ1v) is 5.95. The van der Waals surface area contributed by atoms with Crippen molar-refractivity contribution >= 4 is 28.9 Å². The molecule has 0 heterocycles. The average molecular weight is 290 g/mol. The van der Waals surface area contributed by atoms with Crippen molar-refractivity contribution in [2.45, 2.75) is 0 Å². The fraction of sp³-hybridized carbons (Fsp3) is 0. The van der Waals surface area contributed by atoms with Gasteiger partial charge in [-0.1, -0.05) is 17.7 Å². The van der Waals surface area contributed by atoms with E-state index in [-0.39, 0.29) is 21.8 Å². The highest BCUT2D eigenvalue weighted by Crippen LogP contribution is 2.21. The lowest BCUT2D eigenvalue weighted by Crippen LogP contribution is -2.14. The molecular weight excluding hydrogens is 281 g/mol. The van der Waals surface area contributed by atoms with Crippen LogP contribution < -0.4 is 11.1 Å². The third-order valence-corrected chi connectivity index (χ3v) is 2.97. The van der Waals surface area contributed by atoms with Gasteiger partial charge in [0.05, 0.1) is 21.8 Å². The molecular formula is C14H9ClFN3O. The molecule has 0 aliphatic heterocycles. The van der Waals surface area contributed by atoms with Gasteiger partial charge in [-0.25, -0.2) is 4.39 Å². The second-order valence-corrected chi connectivity index (χ2v) is 4.37. The van der Waals surface area contributed by atoms with E-state index in [1.54, 1.807) is 0 Å². The lowest BCUT2D eigenvalue weighted by molar-refractivity contribution is 0.102. The van der Waals surface area contributed by atoms with Gasteiger partial charge in [-0.2, -0.15) is 5.26 Å². The monoisotopic (exact) mass is 289 g/mol. The number of benzene rings is 2. The fourth-order valence-corrected chi connectivity index (χ4v) is 1.78.